The van der Waals surface area contributed by atoms with E-state index in [-0.39, 0.29) is 24.0 Å². The third-order valence-electron chi connectivity index (χ3n) is 5.04. The van der Waals surface area contributed by atoms with E-state index in [1.165, 1.54) is 29.8 Å². The zero-order chi connectivity index (χ0) is 21.6. The highest BCUT2D eigenvalue weighted by atomic mass is 35.5. The molecule has 0 aliphatic carbocycles. The second-order valence-corrected chi connectivity index (χ2v) is 9.11. The summed E-state index contributed by atoms with van der Waals surface area (Å²) in [6.07, 6.45) is -3.60. The van der Waals surface area contributed by atoms with Crippen molar-refractivity contribution in [1.82, 2.24) is 9.80 Å². The van der Waals surface area contributed by atoms with Gasteiger partial charge in [-0.2, -0.15) is 13.2 Å². The minimum absolute atomic E-state index is 0.0775. The molecule has 3 rings (SSSR count). The third-order valence-corrected chi connectivity index (χ3v) is 6.88. The minimum atomic E-state index is -4.65. The van der Waals surface area contributed by atoms with E-state index in [0.717, 1.165) is 12.1 Å². The number of amides is 3. The quantitative estimate of drug-likeness (QED) is 0.766. The number of anilines is 1. The highest BCUT2D eigenvalue weighted by molar-refractivity contribution is 8.01. The second kappa shape index (κ2) is 7.71. The van der Waals surface area contributed by atoms with Crippen LogP contribution < -0.4 is 5.32 Å². The lowest BCUT2D eigenvalue weighted by Crippen LogP contribution is -2.51. The van der Waals surface area contributed by atoms with Gasteiger partial charge in [-0.25, -0.2) is 0 Å². The van der Waals surface area contributed by atoms with Gasteiger partial charge in [0.2, 0.25) is 17.7 Å². The van der Waals surface area contributed by atoms with Crippen molar-refractivity contribution in [3.05, 3.63) is 28.8 Å². The average molecular weight is 450 g/mol. The highest BCUT2D eigenvalue weighted by Gasteiger charge is 2.53. The molecule has 2 aliphatic heterocycles. The Morgan fingerprint density at radius 3 is 2.76 bits per heavy atom. The van der Waals surface area contributed by atoms with Crippen LogP contribution in [0.1, 0.15) is 25.3 Å². The number of fused-ring (bicyclic) bond motifs is 1. The zero-order valence-corrected chi connectivity index (χ0v) is 17.2. The summed E-state index contributed by atoms with van der Waals surface area (Å²) >= 11 is 7.10. The number of hydrogen-bond donors (Lipinski definition) is 1. The molecule has 2 heterocycles. The molecule has 2 fully saturated rings. The molecule has 6 nitrogen and oxygen atoms in total. The summed E-state index contributed by atoms with van der Waals surface area (Å²) in [5.41, 5.74) is -1.14. The van der Waals surface area contributed by atoms with E-state index >= 15 is 0 Å². The molecular weight excluding hydrogens is 431 g/mol. The van der Waals surface area contributed by atoms with E-state index in [4.69, 9.17) is 11.6 Å². The predicted molar refractivity (Wildman–Crippen MR) is 103 cm³/mol. The largest absolute Gasteiger partial charge is 0.417 e. The molecular formula is C18H19ClF3N3O3S. The lowest BCUT2D eigenvalue weighted by atomic mass is 10.2. The van der Waals surface area contributed by atoms with E-state index in [2.05, 4.69) is 5.32 Å². The number of alkyl halides is 3. The van der Waals surface area contributed by atoms with Gasteiger partial charge in [0.25, 0.3) is 0 Å². The van der Waals surface area contributed by atoms with Gasteiger partial charge in [-0.3, -0.25) is 14.4 Å². The van der Waals surface area contributed by atoms with Crippen molar-refractivity contribution in [1.29, 1.82) is 0 Å². The van der Waals surface area contributed by atoms with Crippen LogP contribution in [-0.2, 0) is 20.6 Å². The summed E-state index contributed by atoms with van der Waals surface area (Å²) in [4.78, 5) is 39.5. The normalized spacial score (nSPS) is 23.9. The molecule has 0 bridgehead atoms. The zero-order valence-electron chi connectivity index (χ0n) is 15.7. The van der Waals surface area contributed by atoms with Crippen LogP contribution in [0.5, 0.6) is 0 Å². The molecule has 0 saturated carbocycles. The number of likely N-dealkylation sites (N-methyl/N-ethyl adjacent to an activating group) is 1. The summed E-state index contributed by atoms with van der Waals surface area (Å²) in [7, 11) is 1.42. The van der Waals surface area contributed by atoms with Gasteiger partial charge >= 0.3 is 6.18 Å². The van der Waals surface area contributed by atoms with Crippen LogP contribution in [0.15, 0.2) is 18.2 Å². The van der Waals surface area contributed by atoms with E-state index in [1.807, 2.05) is 6.92 Å². The van der Waals surface area contributed by atoms with Crippen molar-refractivity contribution >= 4 is 46.8 Å². The first-order chi connectivity index (χ1) is 13.4. The SMILES string of the molecule is CN(CC(=O)Nc1ccc(Cl)c(C(F)(F)F)c1)C(=O)[C@@H]1CS[C@]2(C)CCC(=O)N12. The predicted octanol–water partition coefficient (Wildman–Crippen LogP) is 3.21. The average Bonchev–Trinajstić information content (AvgIpc) is 3.11. The first-order valence-electron chi connectivity index (χ1n) is 8.80. The number of hydrogen-bond acceptors (Lipinski definition) is 4. The van der Waals surface area contributed by atoms with Crippen molar-refractivity contribution in [3.8, 4) is 0 Å². The van der Waals surface area contributed by atoms with Crippen molar-refractivity contribution < 1.29 is 27.6 Å². The van der Waals surface area contributed by atoms with Crippen molar-refractivity contribution in [2.75, 3.05) is 24.7 Å². The van der Waals surface area contributed by atoms with Gasteiger partial charge in [0, 0.05) is 24.9 Å². The van der Waals surface area contributed by atoms with Gasteiger partial charge in [0.15, 0.2) is 0 Å². The van der Waals surface area contributed by atoms with Crippen LogP contribution >= 0.6 is 23.4 Å². The maximum absolute atomic E-state index is 12.9. The van der Waals surface area contributed by atoms with Gasteiger partial charge in [-0.15, -0.1) is 11.8 Å². The van der Waals surface area contributed by atoms with Gasteiger partial charge in [0.1, 0.15) is 6.04 Å². The number of halogens is 4. The topological polar surface area (TPSA) is 69.7 Å². The van der Waals surface area contributed by atoms with Crippen molar-refractivity contribution in [3.63, 3.8) is 0 Å². The molecule has 2 atom stereocenters. The van der Waals surface area contributed by atoms with E-state index in [1.54, 1.807) is 4.90 Å². The molecule has 0 unspecified atom stereocenters. The van der Waals surface area contributed by atoms with E-state index in [0.29, 0.717) is 18.6 Å². The first-order valence-corrected chi connectivity index (χ1v) is 10.2. The Balaban J connectivity index is 1.64. The molecule has 11 heteroatoms. The highest BCUT2D eigenvalue weighted by Crippen LogP contribution is 2.47. The summed E-state index contributed by atoms with van der Waals surface area (Å²) in [5.74, 6) is -0.676. The molecule has 2 saturated heterocycles. The summed E-state index contributed by atoms with van der Waals surface area (Å²) in [6, 6.07) is 2.39. The lowest BCUT2D eigenvalue weighted by molar-refractivity contribution is -0.143. The number of rotatable bonds is 4. The van der Waals surface area contributed by atoms with Crippen LogP contribution in [0.2, 0.25) is 5.02 Å². The van der Waals surface area contributed by atoms with Gasteiger partial charge in [-0.05, 0) is 31.5 Å². The van der Waals surface area contributed by atoms with Crippen LogP contribution in [0.4, 0.5) is 18.9 Å². The minimum Gasteiger partial charge on any atom is -0.335 e. The molecule has 3 amide bonds. The van der Waals surface area contributed by atoms with Gasteiger partial charge < -0.3 is 15.1 Å². The standard InChI is InChI=1S/C18H19ClF3N3O3S/c1-17-6-5-15(27)25(17)13(9-29-17)16(28)24(2)8-14(26)23-10-3-4-12(19)11(7-10)18(20,21)22/h3-4,7,13H,5-6,8-9H2,1-2H3,(H,23,26)/t13-,17+/m0/s1. The number of carbonyl (C=O) groups is 3. The third kappa shape index (κ3) is 4.32. The number of carbonyl (C=O) groups excluding carboxylic acids is 3. The lowest BCUT2D eigenvalue weighted by Gasteiger charge is -2.31. The molecule has 0 spiro atoms. The molecule has 0 aromatic heterocycles. The number of nitrogens with one attached hydrogen (secondary N) is 1. The number of benzene rings is 1. The molecule has 29 heavy (non-hydrogen) atoms. The van der Waals surface area contributed by atoms with Crippen molar-refractivity contribution in [2.45, 2.75) is 36.9 Å². The fourth-order valence-electron chi connectivity index (χ4n) is 3.57. The molecule has 1 aromatic carbocycles. The number of thioether (sulfide) groups is 1. The molecule has 1 N–H and O–H groups in total. The molecule has 0 radical (unpaired) electrons. The first kappa shape index (κ1) is 21.8. The Morgan fingerprint density at radius 1 is 1.41 bits per heavy atom. The Labute approximate surface area is 174 Å². The Bertz CT molecular complexity index is 866. The van der Waals surface area contributed by atoms with Crippen LogP contribution in [0.25, 0.3) is 0 Å². The van der Waals surface area contributed by atoms with Gasteiger partial charge in [-0.1, -0.05) is 11.6 Å². The van der Waals surface area contributed by atoms with Gasteiger partial charge in [0.05, 0.1) is 22.0 Å². The maximum Gasteiger partial charge on any atom is 0.417 e. The maximum atomic E-state index is 12.9. The van der Waals surface area contributed by atoms with E-state index < -0.39 is 33.6 Å². The molecule has 1 aromatic rings. The Morgan fingerprint density at radius 2 is 2.10 bits per heavy atom. The van der Waals surface area contributed by atoms with Crippen LogP contribution in [-0.4, -0.2) is 57.8 Å². The second-order valence-electron chi connectivity index (χ2n) is 7.20. The summed E-state index contributed by atoms with van der Waals surface area (Å²) < 4.78 is 38.8. The smallest absolute Gasteiger partial charge is 0.335 e. The fraction of sp³-hybridized carbons (Fsp3) is 0.500. The fourth-order valence-corrected chi connectivity index (χ4v) is 5.22. The number of nitrogens with zero attached hydrogens (tertiary/aromatic N) is 2. The van der Waals surface area contributed by atoms with Crippen LogP contribution in [0.3, 0.4) is 0 Å². The molecule has 158 valence electrons. The Kier molecular flexibility index (Phi) is 5.79. The Hall–Kier alpha value is -1.94. The summed E-state index contributed by atoms with van der Waals surface area (Å²) in [6.45, 7) is 1.56. The van der Waals surface area contributed by atoms with Crippen LogP contribution in [0, 0.1) is 0 Å². The monoisotopic (exact) mass is 449 g/mol. The van der Waals surface area contributed by atoms with Crippen molar-refractivity contribution in [2.24, 2.45) is 0 Å². The summed E-state index contributed by atoms with van der Waals surface area (Å²) in [5, 5.41) is 1.87. The molecule has 2 aliphatic rings. The van der Waals surface area contributed by atoms with E-state index in [9.17, 15) is 27.6 Å².